The van der Waals surface area contributed by atoms with Crippen molar-refractivity contribution in [1.82, 2.24) is 14.8 Å². The van der Waals surface area contributed by atoms with E-state index in [1.54, 1.807) is 6.07 Å². The summed E-state index contributed by atoms with van der Waals surface area (Å²) >= 11 is 1.41. The molecule has 0 unspecified atom stereocenters. The number of benzene rings is 1. The zero-order valence-corrected chi connectivity index (χ0v) is 17.6. The van der Waals surface area contributed by atoms with E-state index in [2.05, 4.69) is 29.2 Å². The van der Waals surface area contributed by atoms with Gasteiger partial charge in [-0.1, -0.05) is 6.07 Å². The molecule has 0 radical (unpaired) electrons. The molecule has 0 aliphatic carbocycles. The maximum atomic E-state index is 12.2. The van der Waals surface area contributed by atoms with Crippen molar-refractivity contribution >= 4 is 22.9 Å². The molecule has 4 aromatic rings. The number of rotatable bonds is 5. The number of hydrogen-bond acceptors (Lipinski definition) is 5. The number of amides is 1. The lowest BCUT2D eigenvalue weighted by Crippen LogP contribution is -2.09. The van der Waals surface area contributed by atoms with Crippen molar-refractivity contribution in [3.05, 3.63) is 75.1 Å². The van der Waals surface area contributed by atoms with E-state index in [4.69, 9.17) is 4.42 Å². The second-order valence-electron chi connectivity index (χ2n) is 6.98. The molecule has 0 saturated carbocycles. The van der Waals surface area contributed by atoms with Crippen molar-refractivity contribution in [2.24, 2.45) is 0 Å². The first-order valence-electron chi connectivity index (χ1n) is 9.34. The average molecular weight is 407 g/mol. The van der Waals surface area contributed by atoms with E-state index in [1.165, 1.54) is 16.9 Å². The second-order valence-corrected chi connectivity index (χ2v) is 7.93. The Morgan fingerprint density at radius 1 is 1.14 bits per heavy atom. The van der Waals surface area contributed by atoms with Gasteiger partial charge < -0.3 is 9.73 Å². The Kier molecular flexibility index (Phi) is 5.07. The number of anilines is 1. The molecule has 0 aliphatic rings. The molecule has 148 valence electrons. The molecule has 0 bridgehead atoms. The van der Waals surface area contributed by atoms with E-state index < -0.39 is 0 Å². The molecule has 4 rings (SSSR count). The number of aryl methyl sites for hydroxylation is 2. The number of hydrogen-bond donors (Lipinski definition) is 1. The maximum Gasteiger partial charge on any atom is 0.265 e. The van der Waals surface area contributed by atoms with Gasteiger partial charge in [0.2, 0.25) is 5.89 Å². The number of oxazole rings is 1. The summed E-state index contributed by atoms with van der Waals surface area (Å²) in [4.78, 5) is 17.5. The maximum absolute atomic E-state index is 12.2. The van der Waals surface area contributed by atoms with Crippen LogP contribution in [0.5, 0.6) is 0 Å². The van der Waals surface area contributed by atoms with Crippen LogP contribution in [0.1, 0.15) is 38.1 Å². The lowest BCUT2D eigenvalue weighted by Gasteiger charge is -2.04. The van der Waals surface area contributed by atoms with Crippen molar-refractivity contribution in [3.63, 3.8) is 0 Å². The van der Waals surface area contributed by atoms with Crippen LogP contribution in [-0.2, 0) is 6.54 Å². The van der Waals surface area contributed by atoms with Crippen molar-refractivity contribution in [3.8, 4) is 11.5 Å². The predicted molar refractivity (Wildman–Crippen MR) is 114 cm³/mol. The molecule has 3 heterocycles. The minimum absolute atomic E-state index is 0.109. The number of thiophene rings is 1. The summed E-state index contributed by atoms with van der Waals surface area (Å²) in [6, 6.07) is 11.2. The quantitative estimate of drug-likeness (QED) is 0.498. The summed E-state index contributed by atoms with van der Waals surface area (Å²) < 4.78 is 7.85. The van der Waals surface area contributed by atoms with Crippen LogP contribution in [-0.4, -0.2) is 20.7 Å². The highest BCUT2D eigenvalue weighted by Gasteiger charge is 2.15. The van der Waals surface area contributed by atoms with Gasteiger partial charge in [-0.3, -0.25) is 9.48 Å². The standard InChI is InChI=1S/C22H22N4O2S/c1-13-14(2)25-26(15(13)3)12-19-16(4)28-22(24-19)17-7-9-18(10-8-17)23-21(27)20-6-5-11-29-20/h5-11H,12H2,1-4H3,(H,23,27). The van der Waals surface area contributed by atoms with E-state index >= 15 is 0 Å². The van der Waals surface area contributed by atoms with Gasteiger partial charge in [0.05, 0.1) is 17.1 Å². The SMILES string of the molecule is Cc1nn(Cc2nc(-c3ccc(NC(=O)c4cccs4)cc3)oc2C)c(C)c1C. The molecule has 3 aromatic heterocycles. The lowest BCUT2D eigenvalue weighted by molar-refractivity contribution is 0.103. The monoisotopic (exact) mass is 406 g/mol. The van der Waals surface area contributed by atoms with Crippen LogP contribution in [0.25, 0.3) is 11.5 Å². The van der Waals surface area contributed by atoms with E-state index in [-0.39, 0.29) is 5.91 Å². The van der Waals surface area contributed by atoms with Crippen LogP contribution < -0.4 is 5.32 Å². The number of nitrogens with one attached hydrogen (secondary N) is 1. The van der Waals surface area contributed by atoms with Crippen LogP contribution in [0.2, 0.25) is 0 Å². The Labute approximate surface area is 173 Å². The summed E-state index contributed by atoms with van der Waals surface area (Å²) in [5, 5.41) is 9.36. The molecule has 0 fully saturated rings. The van der Waals surface area contributed by atoms with Gasteiger partial charge in [-0.05, 0) is 69.0 Å². The first-order valence-corrected chi connectivity index (χ1v) is 10.2. The van der Waals surface area contributed by atoms with Gasteiger partial charge in [0, 0.05) is 16.9 Å². The first kappa shape index (κ1) is 19.1. The molecule has 7 heteroatoms. The zero-order valence-electron chi connectivity index (χ0n) is 16.8. The highest BCUT2D eigenvalue weighted by molar-refractivity contribution is 7.12. The second kappa shape index (κ2) is 7.67. The lowest BCUT2D eigenvalue weighted by atomic mass is 10.2. The van der Waals surface area contributed by atoms with E-state index in [0.29, 0.717) is 17.3 Å². The molecule has 0 aliphatic heterocycles. The highest BCUT2D eigenvalue weighted by Crippen LogP contribution is 2.25. The number of carbonyl (C=O) groups excluding carboxylic acids is 1. The van der Waals surface area contributed by atoms with Gasteiger partial charge in [0.25, 0.3) is 5.91 Å². The Morgan fingerprint density at radius 3 is 2.52 bits per heavy atom. The molecule has 29 heavy (non-hydrogen) atoms. The van der Waals surface area contributed by atoms with Gasteiger partial charge in [0.1, 0.15) is 11.5 Å². The Hall–Kier alpha value is -3.19. The largest absolute Gasteiger partial charge is 0.441 e. The first-order chi connectivity index (χ1) is 13.9. The minimum Gasteiger partial charge on any atom is -0.441 e. The Bertz CT molecular complexity index is 1150. The van der Waals surface area contributed by atoms with Gasteiger partial charge in [0.15, 0.2) is 0 Å². The minimum atomic E-state index is -0.109. The summed E-state index contributed by atoms with van der Waals surface area (Å²) in [5.74, 6) is 1.23. The van der Waals surface area contributed by atoms with E-state index in [9.17, 15) is 4.79 Å². The number of nitrogens with zero attached hydrogens (tertiary/aromatic N) is 3. The summed E-state index contributed by atoms with van der Waals surface area (Å²) in [7, 11) is 0. The van der Waals surface area contributed by atoms with Gasteiger partial charge in [-0.2, -0.15) is 5.10 Å². The fourth-order valence-corrected chi connectivity index (χ4v) is 3.70. The summed E-state index contributed by atoms with van der Waals surface area (Å²) in [6.07, 6.45) is 0. The van der Waals surface area contributed by atoms with Gasteiger partial charge in [-0.15, -0.1) is 11.3 Å². The molecule has 6 nitrogen and oxygen atoms in total. The van der Waals surface area contributed by atoms with Gasteiger partial charge >= 0.3 is 0 Å². The summed E-state index contributed by atoms with van der Waals surface area (Å²) in [5.41, 5.74) is 5.82. The van der Waals surface area contributed by atoms with Crippen molar-refractivity contribution in [1.29, 1.82) is 0 Å². The zero-order chi connectivity index (χ0) is 20.5. The highest BCUT2D eigenvalue weighted by atomic mass is 32.1. The van der Waals surface area contributed by atoms with Crippen molar-refractivity contribution in [2.45, 2.75) is 34.2 Å². The molecule has 1 aromatic carbocycles. The van der Waals surface area contributed by atoms with Crippen molar-refractivity contribution < 1.29 is 9.21 Å². The molecular weight excluding hydrogens is 384 g/mol. The van der Waals surface area contributed by atoms with Crippen LogP contribution in [0.3, 0.4) is 0 Å². The summed E-state index contributed by atoms with van der Waals surface area (Å²) in [6.45, 7) is 8.65. The van der Waals surface area contributed by atoms with Crippen LogP contribution in [0, 0.1) is 27.7 Å². The fraction of sp³-hybridized carbons (Fsp3) is 0.227. The topological polar surface area (TPSA) is 73.0 Å². The van der Waals surface area contributed by atoms with Crippen LogP contribution >= 0.6 is 11.3 Å². The molecular formula is C22H22N4O2S. The molecule has 0 atom stereocenters. The van der Waals surface area contributed by atoms with Crippen LogP contribution in [0.15, 0.2) is 46.2 Å². The molecule has 1 N–H and O–H groups in total. The third-order valence-corrected chi connectivity index (χ3v) is 5.94. The third kappa shape index (κ3) is 3.86. The predicted octanol–water partition coefficient (Wildman–Crippen LogP) is 5.13. The van der Waals surface area contributed by atoms with E-state index in [1.807, 2.05) is 54.2 Å². The van der Waals surface area contributed by atoms with E-state index in [0.717, 1.165) is 34.1 Å². The Morgan fingerprint density at radius 2 is 1.90 bits per heavy atom. The number of carbonyl (C=O) groups is 1. The number of aromatic nitrogens is 3. The fourth-order valence-electron chi connectivity index (χ4n) is 3.08. The van der Waals surface area contributed by atoms with Gasteiger partial charge in [-0.25, -0.2) is 4.98 Å². The smallest absolute Gasteiger partial charge is 0.265 e. The molecule has 0 spiro atoms. The molecule has 0 saturated heterocycles. The normalized spacial score (nSPS) is 11.0. The third-order valence-electron chi connectivity index (χ3n) is 5.07. The Balaban J connectivity index is 1.51. The van der Waals surface area contributed by atoms with Crippen molar-refractivity contribution in [2.75, 3.05) is 5.32 Å². The van der Waals surface area contributed by atoms with Crippen LogP contribution in [0.4, 0.5) is 5.69 Å². The molecule has 1 amide bonds. The average Bonchev–Trinajstić information content (AvgIpc) is 3.42.